The normalized spacial score (nSPS) is 44.0. The lowest BCUT2D eigenvalue weighted by atomic mass is 9.75. The van der Waals surface area contributed by atoms with Gasteiger partial charge in [0.15, 0.2) is 0 Å². The molecule has 2 rings (SSSR count). The van der Waals surface area contributed by atoms with E-state index in [2.05, 4.69) is 51.8 Å². The number of nitrogens with zero attached hydrogens (tertiary/aromatic N) is 1. The Kier molecular flexibility index (Phi) is 5.18. The van der Waals surface area contributed by atoms with Crippen molar-refractivity contribution in [2.45, 2.75) is 84.8 Å². The Morgan fingerprint density at radius 3 is 2.55 bits per heavy atom. The van der Waals surface area contributed by atoms with Crippen molar-refractivity contribution in [1.29, 1.82) is 0 Å². The van der Waals surface area contributed by atoms with Crippen LogP contribution in [0.25, 0.3) is 0 Å². The lowest BCUT2D eigenvalue weighted by molar-refractivity contribution is -0.0187. The first kappa shape index (κ1) is 16.3. The number of hydrogen-bond donors (Lipinski definition) is 1. The second-order valence-corrected chi connectivity index (χ2v) is 8.11. The average Bonchev–Trinajstić information content (AvgIpc) is 2.41. The van der Waals surface area contributed by atoms with E-state index in [1.165, 1.54) is 38.8 Å². The maximum Gasteiger partial charge on any atom is 0.0278 e. The van der Waals surface area contributed by atoms with Crippen LogP contribution in [0.3, 0.4) is 0 Å². The van der Waals surface area contributed by atoms with Crippen molar-refractivity contribution < 1.29 is 0 Å². The maximum atomic E-state index is 3.83. The fourth-order valence-electron chi connectivity index (χ4n) is 4.28. The highest BCUT2D eigenvalue weighted by molar-refractivity contribution is 4.99. The zero-order valence-corrected chi connectivity index (χ0v) is 14.6. The number of piperazine rings is 1. The van der Waals surface area contributed by atoms with E-state index in [4.69, 9.17) is 0 Å². The summed E-state index contributed by atoms with van der Waals surface area (Å²) in [6.45, 7) is 16.9. The van der Waals surface area contributed by atoms with E-state index in [1.54, 1.807) is 0 Å². The third-order valence-corrected chi connectivity index (χ3v) is 6.34. The summed E-state index contributed by atoms with van der Waals surface area (Å²) in [5.41, 5.74) is 0.311. The van der Waals surface area contributed by atoms with Crippen LogP contribution in [-0.2, 0) is 0 Å². The number of rotatable bonds is 3. The summed E-state index contributed by atoms with van der Waals surface area (Å²) in [5, 5.41) is 3.83. The molecule has 0 aromatic heterocycles. The van der Waals surface area contributed by atoms with Crippen molar-refractivity contribution in [2.24, 2.45) is 17.8 Å². The van der Waals surface area contributed by atoms with E-state index in [1.807, 2.05) is 0 Å². The molecule has 1 saturated heterocycles. The van der Waals surface area contributed by atoms with Gasteiger partial charge in [-0.25, -0.2) is 0 Å². The van der Waals surface area contributed by atoms with Gasteiger partial charge in [-0.3, -0.25) is 4.90 Å². The van der Waals surface area contributed by atoms with Gasteiger partial charge in [-0.15, -0.1) is 0 Å². The summed E-state index contributed by atoms with van der Waals surface area (Å²) in [5.74, 6) is 2.49. The third kappa shape index (κ3) is 3.22. The fourth-order valence-corrected chi connectivity index (χ4v) is 4.28. The second-order valence-electron chi connectivity index (χ2n) is 8.11. The molecule has 1 heterocycles. The molecule has 1 aliphatic heterocycles. The molecule has 0 radical (unpaired) electrons. The standard InChI is InChI=1S/C18H36N2/c1-7-18(6)12-20(17(11-19-18)13(2)3)16-10-8-9-14(4)15(16)5/h13-17,19H,7-12H2,1-6H3. The Labute approximate surface area is 126 Å². The molecule has 2 nitrogen and oxygen atoms in total. The minimum absolute atomic E-state index is 0.311. The van der Waals surface area contributed by atoms with Gasteiger partial charge in [0.2, 0.25) is 0 Å². The molecule has 0 bridgehead atoms. The molecule has 0 aromatic carbocycles. The monoisotopic (exact) mass is 280 g/mol. The Hall–Kier alpha value is -0.0800. The molecule has 0 aromatic rings. The quantitative estimate of drug-likeness (QED) is 0.843. The minimum atomic E-state index is 0.311. The van der Waals surface area contributed by atoms with Crippen molar-refractivity contribution >= 4 is 0 Å². The highest BCUT2D eigenvalue weighted by atomic mass is 15.3. The highest BCUT2D eigenvalue weighted by Gasteiger charge is 2.42. The summed E-state index contributed by atoms with van der Waals surface area (Å²) >= 11 is 0. The molecule has 5 unspecified atom stereocenters. The SMILES string of the molecule is CCC1(C)CN(C2CCCC(C)C2C)C(C(C)C)CN1. The predicted octanol–water partition coefficient (Wildman–Crippen LogP) is 3.91. The van der Waals surface area contributed by atoms with Gasteiger partial charge < -0.3 is 5.32 Å². The van der Waals surface area contributed by atoms with Crippen LogP contribution in [0.5, 0.6) is 0 Å². The summed E-state index contributed by atoms with van der Waals surface area (Å²) < 4.78 is 0. The molecule has 2 fully saturated rings. The van der Waals surface area contributed by atoms with Crippen LogP contribution in [-0.4, -0.2) is 35.6 Å². The van der Waals surface area contributed by atoms with Crippen molar-refractivity contribution in [2.75, 3.05) is 13.1 Å². The minimum Gasteiger partial charge on any atom is -0.309 e. The smallest absolute Gasteiger partial charge is 0.0278 e. The van der Waals surface area contributed by atoms with E-state index in [0.29, 0.717) is 11.6 Å². The topological polar surface area (TPSA) is 15.3 Å². The molecule has 118 valence electrons. The Morgan fingerprint density at radius 1 is 1.25 bits per heavy atom. The van der Waals surface area contributed by atoms with Gasteiger partial charge in [0, 0.05) is 30.7 Å². The molecule has 1 N–H and O–H groups in total. The van der Waals surface area contributed by atoms with Crippen LogP contribution >= 0.6 is 0 Å². The second kappa shape index (κ2) is 6.36. The lowest BCUT2D eigenvalue weighted by Gasteiger charge is -2.53. The van der Waals surface area contributed by atoms with Crippen LogP contribution in [0.4, 0.5) is 0 Å². The van der Waals surface area contributed by atoms with Crippen LogP contribution in [0.1, 0.15) is 67.2 Å². The Morgan fingerprint density at radius 2 is 1.95 bits per heavy atom. The van der Waals surface area contributed by atoms with E-state index in [-0.39, 0.29) is 0 Å². The molecule has 5 atom stereocenters. The average molecular weight is 280 g/mol. The summed E-state index contributed by atoms with van der Waals surface area (Å²) in [6.07, 6.45) is 5.49. The molecule has 2 aliphatic rings. The first-order valence-electron chi connectivity index (χ1n) is 8.88. The van der Waals surface area contributed by atoms with Crippen molar-refractivity contribution in [3.05, 3.63) is 0 Å². The number of nitrogens with one attached hydrogen (secondary N) is 1. The zero-order chi connectivity index (χ0) is 14.9. The zero-order valence-electron chi connectivity index (χ0n) is 14.6. The van der Waals surface area contributed by atoms with Crippen LogP contribution in [0, 0.1) is 17.8 Å². The molecule has 1 aliphatic carbocycles. The van der Waals surface area contributed by atoms with E-state index < -0.39 is 0 Å². The highest BCUT2D eigenvalue weighted by Crippen LogP contribution is 2.36. The molecule has 1 saturated carbocycles. The fraction of sp³-hybridized carbons (Fsp3) is 1.00. The Balaban J connectivity index is 2.18. The van der Waals surface area contributed by atoms with Gasteiger partial charge in [0.05, 0.1) is 0 Å². The molecule has 20 heavy (non-hydrogen) atoms. The van der Waals surface area contributed by atoms with Crippen LogP contribution < -0.4 is 5.32 Å². The summed E-state index contributed by atoms with van der Waals surface area (Å²) in [4.78, 5) is 2.89. The molecular weight excluding hydrogens is 244 g/mol. The molecule has 2 heteroatoms. The van der Waals surface area contributed by atoms with Gasteiger partial charge in [0.25, 0.3) is 0 Å². The van der Waals surface area contributed by atoms with Gasteiger partial charge in [0.1, 0.15) is 0 Å². The summed E-state index contributed by atoms with van der Waals surface area (Å²) in [6, 6.07) is 1.52. The van der Waals surface area contributed by atoms with E-state index in [0.717, 1.165) is 23.8 Å². The van der Waals surface area contributed by atoms with Crippen LogP contribution in [0.15, 0.2) is 0 Å². The lowest BCUT2D eigenvalue weighted by Crippen LogP contribution is -2.67. The van der Waals surface area contributed by atoms with Crippen molar-refractivity contribution in [1.82, 2.24) is 10.2 Å². The molecule has 0 amide bonds. The first-order chi connectivity index (χ1) is 9.38. The third-order valence-electron chi connectivity index (χ3n) is 6.34. The summed E-state index contributed by atoms with van der Waals surface area (Å²) in [7, 11) is 0. The Bertz CT molecular complexity index is 315. The van der Waals surface area contributed by atoms with Gasteiger partial charge in [-0.05, 0) is 37.5 Å². The van der Waals surface area contributed by atoms with Crippen molar-refractivity contribution in [3.8, 4) is 0 Å². The van der Waals surface area contributed by atoms with Gasteiger partial charge >= 0.3 is 0 Å². The molecule has 0 spiro atoms. The first-order valence-corrected chi connectivity index (χ1v) is 8.88. The van der Waals surface area contributed by atoms with Crippen molar-refractivity contribution in [3.63, 3.8) is 0 Å². The van der Waals surface area contributed by atoms with Gasteiger partial charge in [-0.2, -0.15) is 0 Å². The predicted molar refractivity (Wildman–Crippen MR) is 88.0 cm³/mol. The molecular formula is C18H36N2. The largest absolute Gasteiger partial charge is 0.309 e. The number of hydrogen-bond acceptors (Lipinski definition) is 2. The van der Waals surface area contributed by atoms with E-state index in [9.17, 15) is 0 Å². The van der Waals surface area contributed by atoms with Crippen LogP contribution in [0.2, 0.25) is 0 Å². The maximum absolute atomic E-state index is 3.83. The van der Waals surface area contributed by atoms with E-state index >= 15 is 0 Å². The van der Waals surface area contributed by atoms with Gasteiger partial charge in [-0.1, -0.05) is 47.5 Å².